The number of hydrogen-bond donors (Lipinski definition) is 1. The highest BCUT2D eigenvalue weighted by atomic mass is 35.5. The maximum Gasteiger partial charge on any atom is 0.126 e. The number of halogens is 4. The van der Waals surface area contributed by atoms with Crippen LogP contribution >= 0.6 is 34.8 Å². The Labute approximate surface area is 132 Å². The zero-order chi connectivity index (χ0) is 14.7. The van der Waals surface area contributed by atoms with Crippen LogP contribution in [0.3, 0.4) is 0 Å². The Balaban J connectivity index is 2.31. The lowest BCUT2D eigenvalue weighted by molar-refractivity contribution is 0.554. The molecule has 0 aliphatic rings. The van der Waals surface area contributed by atoms with Crippen LogP contribution in [0.15, 0.2) is 36.4 Å². The van der Waals surface area contributed by atoms with Crippen LogP contribution in [0.5, 0.6) is 0 Å². The van der Waals surface area contributed by atoms with Crippen molar-refractivity contribution < 1.29 is 4.39 Å². The van der Waals surface area contributed by atoms with Crippen LogP contribution in [0.1, 0.15) is 17.2 Å². The van der Waals surface area contributed by atoms with Crippen molar-refractivity contribution in [3.63, 3.8) is 0 Å². The van der Waals surface area contributed by atoms with Crippen molar-refractivity contribution >= 4 is 34.8 Å². The highest BCUT2D eigenvalue weighted by molar-refractivity contribution is 6.35. The SMILES string of the molecule is CNC(Cc1cc(Cl)ccc1F)c1ccc(Cl)cc1Cl. The number of rotatable bonds is 4. The fourth-order valence-corrected chi connectivity index (χ4v) is 2.81. The summed E-state index contributed by atoms with van der Waals surface area (Å²) in [4.78, 5) is 0. The van der Waals surface area contributed by atoms with Crippen LogP contribution in [0, 0.1) is 5.82 Å². The Hall–Kier alpha value is -0.800. The van der Waals surface area contributed by atoms with Crippen LogP contribution < -0.4 is 5.32 Å². The summed E-state index contributed by atoms with van der Waals surface area (Å²) in [6.07, 6.45) is 0.449. The van der Waals surface area contributed by atoms with Crippen LogP contribution in [0.2, 0.25) is 15.1 Å². The molecule has 0 bridgehead atoms. The smallest absolute Gasteiger partial charge is 0.126 e. The maximum absolute atomic E-state index is 13.8. The summed E-state index contributed by atoms with van der Waals surface area (Å²) >= 11 is 18.0. The molecule has 0 heterocycles. The lowest BCUT2D eigenvalue weighted by Gasteiger charge is -2.19. The third kappa shape index (κ3) is 3.64. The molecule has 0 fully saturated rings. The highest BCUT2D eigenvalue weighted by Crippen LogP contribution is 2.29. The van der Waals surface area contributed by atoms with E-state index >= 15 is 0 Å². The van der Waals surface area contributed by atoms with Gasteiger partial charge in [-0.3, -0.25) is 0 Å². The van der Waals surface area contributed by atoms with E-state index in [1.165, 1.54) is 12.1 Å². The molecule has 20 heavy (non-hydrogen) atoms. The van der Waals surface area contributed by atoms with Crippen molar-refractivity contribution in [2.45, 2.75) is 12.5 Å². The predicted octanol–water partition coefficient (Wildman–Crippen LogP) is 5.29. The Morgan fingerprint density at radius 3 is 2.35 bits per heavy atom. The molecule has 1 N–H and O–H groups in total. The maximum atomic E-state index is 13.8. The Morgan fingerprint density at radius 1 is 1.05 bits per heavy atom. The minimum absolute atomic E-state index is 0.118. The van der Waals surface area contributed by atoms with Gasteiger partial charge in [-0.25, -0.2) is 4.39 Å². The number of likely N-dealkylation sites (N-methyl/N-ethyl adjacent to an activating group) is 1. The van der Waals surface area contributed by atoms with E-state index in [1.807, 2.05) is 6.07 Å². The van der Waals surface area contributed by atoms with Crippen LogP contribution in [0.25, 0.3) is 0 Å². The third-order valence-electron chi connectivity index (χ3n) is 3.12. The largest absolute Gasteiger partial charge is 0.313 e. The molecule has 2 aromatic carbocycles. The van der Waals surface area contributed by atoms with Crippen molar-refractivity contribution in [2.75, 3.05) is 7.05 Å². The van der Waals surface area contributed by atoms with Crippen molar-refractivity contribution in [1.29, 1.82) is 0 Å². The average molecular weight is 333 g/mol. The molecule has 2 rings (SSSR count). The van der Waals surface area contributed by atoms with Crippen molar-refractivity contribution in [1.82, 2.24) is 5.32 Å². The number of benzene rings is 2. The average Bonchev–Trinajstić information content (AvgIpc) is 2.40. The molecule has 0 amide bonds. The summed E-state index contributed by atoms with van der Waals surface area (Å²) in [5.41, 5.74) is 1.42. The van der Waals surface area contributed by atoms with E-state index in [9.17, 15) is 4.39 Å². The molecule has 106 valence electrons. The van der Waals surface area contributed by atoms with E-state index in [0.717, 1.165) is 5.56 Å². The molecule has 0 saturated carbocycles. The summed E-state index contributed by atoms with van der Waals surface area (Å²) in [7, 11) is 1.80. The molecular formula is C15H13Cl3FN. The molecule has 2 aromatic rings. The molecule has 0 aromatic heterocycles. The summed E-state index contributed by atoms with van der Waals surface area (Å²) in [5.74, 6) is -0.278. The zero-order valence-corrected chi connectivity index (χ0v) is 13.0. The van der Waals surface area contributed by atoms with Gasteiger partial charge in [0.05, 0.1) is 0 Å². The normalized spacial score (nSPS) is 12.4. The lowest BCUT2D eigenvalue weighted by Crippen LogP contribution is -2.19. The van der Waals surface area contributed by atoms with Gasteiger partial charge in [0.1, 0.15) is 5.82 Å². The lowest BCUT2D eigenvalue weighted by atomic mass is 9.98. The molecule has 0 spiro atoms. The Kier molecular flexibility index (Phi) is 5.28. The zero-order valence-electron chi connectivity index (χ0n) is 10.8. The quantitative estimate of drug-likeness (QED) is 0.802. The summed E-state index contributed by atoms with van der Waals surface area (Å²) in [5, 5.41) is 4.78. The van der Waals surface area contributed by atoms with E-state index in [4.69, 9.17) is 34.8 Å². The van der Waals surface area contributed by atoms with Crippen molar-refractivity contribution in [3.8, 4) is 0 Å². The second-order valence-corrected chi connectivity index (χ2v) is 5.73. The molecule has 1 unspecified atom stereocenters. The van der Waals surface area contributed by atoms with Crippen LogP contribution in [-0.2, 0) is 6.42 Å². The third-order valence-corrected chi connectivity index (χ3v) is 3.92. The first-order chi connectivity index (χ1) is 9.51. The molecule has 5 heteroatoms. The summed E-state index contributed by atoms with van der Waals surface area (Å²) < 4.78 is 13.8. The van der Waals surface area contributed by atoms with Gasteiger partial charge >= 0.3 is 0 Å². The van der Waals surface area contributed by atoms with Gasteiger partial charge in [-0.05, 0) is 54.9 Å². The van der Waals surface area contributed by atoms with E-state index in [1.54, 1.807) is 25.2 Å². The topological polar surface area (TPSA) is 12.0 Å². The van der Waals surface area contributed by atoms with Gasteiger partial charge in [0.15, 0.2) is 0 Å². The number of hydrogen-bond acceptors (Lipinski definition) is 1. The van der Waals surface area contributed by atoms with E-state index in [0.29, 0.717) is 27.1 Å². The molecule has 1 atom stereocenters. The Morgan fingerprint density at radius 2 is 1.70 bits per heavy atom. The second kappa shape index (κ2) is 6.77. The summed E-state index contributed by atoms with van der Waals surface area (Å²) in [6, 6.07) is 9.70. The van der Waals surface area contributed by atoms with Gasteiger partial charge < -0.3 is 5.32 Å². The first-order valence-electron chi connectivity index (χ1n) is 6.07. The standard InChI is InChI=1S/C15H13Cl3FN/c1-20-15(12-4-2-11(17)8-13(12)18)7-9-6-10(16)3-5-14(9)19/h2-6,8,15,20H,7H2,1H3. The summed E-state index contributed by atoms with van der Waals surface area (Å²) in [6.45, 7) is 0. The molecule has 1 nitrogen and oxygen atoms in total. The van der Waals surface area contributed by atoms with Gasteiger partial charge in [0, 0.05) is 21.1 Å². The first-order valence-corrected chi connectivity index (χ1v) is 7.21. The van der Waals surface area contributed by atoms with Crippen LogP contribution in [0.4, 0.5) is 4.39 Å². The number of nitrogens with one attached hydrogen (secondary N) is 1. The first kappa shape index (κ1) is 15.6. The van der Waals surface area contributed by atoms with Gasteiger partial charge in [-0.2, -0.15) is 0 Å². The fraction of sp³-hybridized carbons (Fsp3) is 0.200. The minimum atomic E-state index is -0.278. The van der Waals surface area contributed by atoms with E-state index < -0.39 is 0 Å². The van der Waals surface area contributed by atoms with Crippen molar-refractivity contribution in [2.24, 2.45) is 0 Å². The fourth-order valence-electron chi connectivity index (χ4n) is 2.07. The van der Waals surface area contributed by atoms with Crippen LogP contribution in [-0.4, -0.2) is 7.05 Å². The van der Waals surface area contributed by atoms with Gasteiger partial charge in [0.2, 0.25) is 0 Å². The molecular weight excluding hydrogens is 320 g/mol. The molecule has 0 aliphatic heterocycles. The van der Waals surface area contributed by atoms with Gasteiger partial charge in [-0.1, -0.05) is 40.9 Å². The monoisotopic (exact) mass is 331 g/mol. The van der Waals surface area contributed by atoms with Crippen molar-refractivity contribution in [3.05, 3.63) is 68.4 Å². The predicted molar refractivity (Wildman–Crippen MR) is 83.4 cm³/mol. The van der Waals surface area contributed by atoms with Gasteiger partial charge in [0.25, 0.3) is 0 Å². The minimum Gasteiger partial charge on any atom is -0.313 e. The van der Waals surface area contributed by atoms with E-state index in [2.05, 4.69) is 5.32 Å². The van der Waals surface area contributed by atoms with Gasteiger partial charge in [-0.15, -0.1) is 0 Å². The molecule has 0 radical (unpaired) electrons. The molecule has 0 saturated heterocycles. The second-order valence-electron chi connectivity index (χ2n) is 4.45. The molecule has 0 aliphatic carbocycles. The van der Waals surface area contributed by atoms with E-state index in [-0.39, 0.29) is 11.9 Å². The Bertz CT molecular complexity index is 616. The highest BCUT2D eigenvalue weighted by Gasteiger charge is 2.16.